The summed E-state index contributed by atoms with van der Waals surface area (Å²) >= 11 is 13.0. The van der Waals surface area contributed by atoms with Crippen molar-refractivity contribution in [2.45, 2.75) is 91.0 Å². The number of alkyl carbamates (subject to hydrolysis) is 1. The molecule has 5 rings (SSSR count). The summed E-state index contributed by atoms with van der Waals surface area (Å²) in [5, 5.41) is 18.4. The smallest absolute Gasteiger partial charge is 0.408 e. The molecule has 4 N–H and O–H groups in total. The zero-order valence-electron chi connectivity index (χ0n) is 29.8. The molecule has 278 valence electrons. The molecule has 0 saturated carbocycles. The molecule has 0 aliphatic heterocycles. The average molecular weight is 756 g/mol. The van der Waals surface area contributed by atoms with Crippen LogP contribution >= 0.6 is 23.2 Å². The van der Waals surface area contributed by atoms with Crippen LogP contribution in [0.15, 0.2) is 46.9 Å². The number of hydrogen-bond acceptors (Lipinski definition) is 9. The lowest BCUT2D eigenvalue weighted by Gasteiger charge is -2.39. The Morgan fingerprint density at radius 3 is 2.40 bits per heavy atom. The summed E-state index contributed by atoms with van der Waals surface area (Å²) < 4.78 is 16.2. The van der Waals surface area contributed by atoms with E-state index in [1.807, 2.05) is 58.0 Å². The number of ether oxygens (including phenoxy) is 2. The van der Waals surface area contributed by atoms with Gasteiger partial charge in [0.2, 0.25) is 17.7 Å². The minimum atomic E-state index is -1.51. The number of nitrogens with one attached hydrogen (secondary N) is 4. The fourth-order valence-corrected chi connectivity index (χ4v) is 6.87. The number of carbonyl (C=O) groups is 4. The highest BCUT2D eigenvalue weighted by Crippen LogP contribution is 2.39. The van der Waals surface area contributed by atoms with E-state index in [1.165, 1.54) is 0 Å². The fraction of sp³-hybridized carbons (Fsp3) is 0.459. The van der Waals surface area contributed by atoms with Crippen molar-refractivity contribution in [1.29, 1.82) is 0 Å². The summed E-state index contributed by atoms with van der Waals surface area (Å²) in [6, 6.07) is 10.8. The second-order valence-corrected chi connectivity index (χ2v) is 14.1. The minimum absolute atomic E-state index is 0.0207. The summed E-state index contributed by atoms with van der Waals surface area (Å²) in [5.41, 5.74) is 1.60. The first-order valence-electron chi connectivity index (χ1n) is 17.5. The highest BCUT2D eigenvalue weighted by Gasteiger charge is 2.47. The Morgan fingerprint density at radius 1 is 0.981 bits per heavy atom. The summed E-state index contributed by atoms with van der Waals surface area (Å²) in [7, 11) is 0. The van der Waals surface area contributed by atoms with E-state index in [0.29, 0.717) is 34.8 Å². The molecule has 0 fully saturated rings. The number of aryl methyl sites for hydroxylation is 1. The molecule has 4 aromatic rings. The molecular formula is C37H44Cl2N6O7. The summed E-state index contributed by atoms with van der Waals surface area (Å²) in [6.45, 7) is 9.38. The predicted octanol–water partition coefficient (Wildman–Crippen LogP) is 6.62. The van der Waals surface area contributed by atoms with Crippen LogP contribution in [-0.2, 0) is 38.5 Å². The maximum atomic E-state index is 14.8. The molecule has 13 nitrogen and oxygen atoms in total. The Labute approximate surface area is 311 Å². The van der Waals surface area contributed by atoms with Crippen molar-refractivity contribution in [3.63, 3.8) is 0 Å². The Balaban J connectivity index is 1.48. The van der Waals surface area contributed by atoms with E-state index in [2.05, 4.69) is 31.1 Å². The molecule has 2 aromatic heterocycles. The number of rotatable bonds is 14. The van der Waals surface area contributed by atoms with Gasteiger partial charge in [-0.1, -0.05) is 94.1 Å². The number of esters is 1. The van der Waals surface area contributed by atoms with Crippen LogP contribution in [0.2, 0.25) is 10.0 Å². The van der Waals surface area contributed by atoms with Gasteiger partial charge in [0, 0.05) is 22.5 Å². The topological polar surface area (TPSA) is 178 Å². The third-order valence-corrected chi connectivity index (χ3v) is 10.3. The van der Waals surface area contributed by atoms with Crippen molar-refractivity contribution in [1.82, 2.24) is 31.1 Å². The van der Waals surface area contributed by atoms with E-state index in [1.54, 1.807) is 19.1 Å². The van der Waals surface area contributed by atoms with Crippen LogP contribution in [0.3, 0.4) is 0 Å². The standard InChI is InChI=1S/C37H44Cl2N6O7/c1-6-20(4)28(42-36(49)51-19-22-12-10-9-11-13-22)31(46)43-37(15-14-27-25(18-37)24-16-23(38)17-26(39)30(24)40-27)35(48)41-29(21(5)7-2)32-44-45-33(52-32)34(47)50-8-3/h9-13,16-17,20-21,28-29,40H,6-8,14-15,18-19H2,1-5H3,(H,41,48)(H,42,49)(H,43,46)/t20-,21?,28-,29?,37-/m0/s1. The number of amides is 3. The lowest BCUT2D eigenvalue weighted by Crippen LogP contribution is -2.65. The van der Waals surface area contributed by atoms with Gasteiger partial charge in [-0.05, 0) is 54.9 Å². The van der Waals surface area contributed by atoms with Crippen molar-refractivity contribution in [3.8, 4) is 0 Å². The van der Waals surface area contributed by atoms with Crippen LogP contribution in [0.5, 0.6) is 0 Å². The van der Waals surface area contributed by atoms with Gasteiger partial charge in [-0.25, -0.2) is 9.59 Å². The number of carbonyl (C=O) groups excluding carboxylic acids is 4. The van der Waals surface area contributed by atoms with Gasteiger partial charge in [-0.15, -0.1) is 10.2 Å². The van der Waals surface area contributed by atoms with Crippen LogP contribution in [0, 0.1) is 11.8 Å². The number of hydrogen-bond donors (Lipinski definition) is 4. The Morgan fingerprint density at radius 2 is 1.71 bits per heavy atom. The molecule has 1 aliphatic carbocycles. The maximum absolute atomic E-state index is 14.8. The highest BCUT2D eigenvalue weighted by atomic mass is 35.5. The van der Waals surface area contributed by atoms with Crippen LogP contribution in [0.4, 0.5) is 4.79 Å². The minimum Gasteiger partial charge on any atom is -0.459 e. The number of aromatic nitrogens is 3. The van der Waals surface area contributed by atoms with E-state index in [0.717, 1.165) is 22.2 Å². The first-order chi connectivity index (χ1) is 24.9. The maximum Gasteiger partial charge on any atom is 0.408 e. The monoisotopic (exact) mass is 754 g/mol. The molecular weight excluding hydrogens is 711 g/mol. The molecule has 2 aromatic carbocycles. The van der Waals surface area contributed by atoms with E-state index >= 15 is 0 Å². The largest absolute Gasteiger partial charge is 0.459 e. The van der Waals surface area contributed by atoms with Crippen molar-refractivity contribution >= 4 is 58.0 Å². The molecule has 0 bridgehead atoms. The summed E-state index contributed by atoms with van der Waals surface area (Å²) in [5.74, 6) is -2.68. The molecule has 0 radical (unpaired) electrons. The SMILES string of the molecule is CCOC(=O)c1nnc(C(NC(=O)[C@]2(NC(=O)[C@@H](NC(=O)OCc3ccccc3)[C@@H](C)CC)CCc3[nH]c4c(Cl)cc(Cl)cc4c3C2)C(C)CC)o1. The molecule has 0 saturated heterocycles. The molecule has 1 aliphatic rings. The third-order valence-electron chi connectivity index (χ3n) is 9.74. The van der Waals surface area contributed by atoms with Crippen molar-refractivity contribution in [2.75, 3.05) is 6.61 Å². The van der Waals surface area contributed by atoms with Gasteiger partial charge in [0.25, 0.3) is 0 Å². The molecule has 0 spiro atoms. The van der Waals surface area contributed by atoms with Gasteiger partial charge < -0.3 is 34.8 Å². The lowest BCUT2D eigenvalue weighted by molar-refractivity contribution is -0.136. The predicted molar refractivity (Wildman–Crippen MR) is 195 cm³/mol. The van der Waals surface area contributed by atoms with Crippen molar-refractivity contribution in [2.24, 2.45) is 11.8 Å². The van der Waals surface area contributed by atoms with E-state index in [9.17, 15) is 19.2 Å². The zero-order valence-corrected chi connectivity index (χ0v) is 31.3. The number of halogens is 2. The van der Waals surface area contributed by atoms with Crippen LogP contribution in [0.1, 0.15) is 93.3 Å². The second kappa shape index (κ2) is 16.8. The van der Waals surface area contributed by atoms with Gasteiger partial charge in [0.15, 0.2) is 0 Å². The number of nitrogens with zero attached hydrogens (tertiary/aromatic N) is 2. The first-order valence-corrected chi connectivity index (χ1v) is 18.2. The average Bonchev–Trinajstić information content (AvgIpc) is 3.77. The summed E-state index contributed by atoms with van der Waals surface area (Å²) in [6.07, 6.45) is 1.06. The number of H-pyrrole nitrogens is 1. The third kappa shape index (κ3) is 8.53. The van der Waals surface area contributed by atoms with Crippen LogP contribution in [0.25, 0.3) is 10.9 Å². The Kier molecular flexibility index (Phi) is 12.5. The molecule has 2 unspecified atom stereocenters. The van der Waals surface area contributed by atoms with Gasteiger partial charge >= 0.3 is 18.0 Å². The normalized spacial score (nSPS) is 17.7. The van der Waals surface area contributed by atoms with Gasteiger partial charge in [-0.2, -0.15) is 0 Å². The van der Waals surface area contributed by atoms with Gasteiger partial charge in [0.1, 0.15) is 24.2 Å². The molecule has 3 amide bonds. The summed E-state index contributed by atoms with van der Waals surface area (Å²) in [4.78, 5) is 57.8. The lowest BCUT2D eigenvalue weighted by atomic mass is 9.78. The van der Waals surface area contributed by atoms with Gasteiger partial charge in [0.05, 0.1) is 17.1 Å². The first kappa shape index (κ1) is 38.6. The zero-order chi connectivity index (χ0) is 37.6. The molecule has 15 heteroatoms. The highest BCUT2D eigenvalue weighted by molar-refractivity contribution is 6.38. The van der Waals surface area contributed by atoms with Crippen LogP contribution in [-0.4, -0.2) is 57.2 Å². The number of benzene rings is 2. The second-order valence-electron chi connectivity index (χ2n) is 13.2. The van der Waals surface area contributed by atoms with E-state index in [4.69, 9.17) is 37.1 Å². The molecule has 52 heavy (non-hydrogen) atoms. The van der Waals surface area contributed by atoms with Gasteiger partial charge in [-0.3, -0.25) is 9.59 Å². The Hall–Kier alpha value is -4.62. The molecule has 5 atom stereocenters. The fourth-order valence-electron chi connectivity index (χ4n) is 6.33. The van der Waals surface area contributed by atoms with Crippen LogP contribution < -0.4 is 16.0 Å². The van der Waals surface area contributed by atoms with Crippen molar-refractivity contribution < 1.29 is 33.1 Å². The number of fused-ring (bicyclic) bond motifs is 3. The molecule has 2 heterocycles. The van der Waals surface area contributed by atoms with Crippen molar-refractivity contribution in [3.05, 3.63) is 81.1 Å². The number of aromatic amines is 1. The quantitative estimate of drug-likeness (QED) is 0.103. The Bertz CT molecular complexity index is 1910. The van der Waals surface area contributed by atoms with E-state index < -0.39 is 41.5 Å². The van der Waals surface area contributed by atoms with E-state index in [-0.39, 0.29) is 49.7 Å².